The van der Waals surface area contributed by atoms with Crippen LogP contribution in [0.3, 0.4) is 0 Å². The molecule has 0 radical (unpaired) electrons. The lowest BCUT2D eigenvalue weighted by Crippen LogP contribution is -2.33. The number of anilines is 2. The minimum absolute atomic E-state index is 0.0620. The van der Waals surface area contributed by atoms with Crippen molar-refractivity contribution in [2.45, 2.75) is 64.0 Å². The van der Waals surface area contributed by atoms with Gasteiger partial charge < -0.3 is 30.9 Å². The number of nitrogens with two attached hydrogens (primary N) is 1. The van der Waals surface area contributed by atoms with E-state index in [0.717, 1.165) is 75.6 Å². The minimum Gasteiger partial charge on any atom is -0.482 e. The van der Waals surface area contributed by atoms with Gasteiger partial charge in [0.05, 0.1) is 5.69 Å². The molecule has 3 aromatic carbocycles. The first kappa shape index (κ1) is 31.3. The van der Waals surface area contributed by atoms with Crippen LogP contribution in [0.5, 0.6) is 5.75 Å². The van der Waals surface area contributed by atoms with Gasteiger partial charge in [-0.15, -0.1) is 0 Å². The molecular weight excluding hydrogens is 582 g/mol. The van der Waals surface area contributed by atoms with Gasteiger partial charge in [0.25, 0.3) is 23.6 Å². The molecule has 2 aliphatic heterocycles. The van der Waals surface area contributed by atoms with E-state index in [-0.39, 0.29) is 36.3 Å². The lowest BCUT2D eigenvalue weighted by Gasteiger charge is -2.24. The number of fused-ring (bicyclic) bond motifs is 2. The maximum Gasteiger partial charge on any atom is 0.262 e. The molecule has 6 rings (SSSR count). The molecule has 2 heterocycles. The van der Waals surface area contributed by atoms with Crippen LogP contribution in [0.1, 0.15) is 87.1 Å². The summed E-state index contributed by atoms with van der Waals surface area (Å²) < 4.78 is 5.50. The van der Waals surface area contributed by atoms with E-state index in [1.807, 2.05) is 34.1 Å². The van der Waals surface area contributed by atoms with Gasteiger partial charge in [0.15, 0.2) is 6.61 Å². The Morgan fingerprint density at radius 3 is 2.52 bits per heavy atom. The second kappa shape index (κ2) is 14.2. The monoisotopic (exact) mass is 623 g/mol. The van der Waals surface area contributed by atoms with Crippen molar-refractivity contribution in [3.05, 3.63) is 88.5 Å². The summed E-state index contributed by atoms with van der Waals surface area (Å²) in [6.07, 6.45) is 7.74. The zero-order valence-corrected chi connectivity index (χ0v) is 26.1. The molecule has 1 fully saturated rings. The first-order valence-corrected chi connectivity index (χ1v) is 16.3. The number of nitrogens with zero attached hydrogens (tertiary/aromatic N) is 2. The molecule has 0 unspecified atom stereocenters. The van der Waals surface area contributed by atoms with Crippen molar-refractivity contribution in [3.8, 4) is 5.75 Å². The van der Waals surface area contributed by atoms with E-state index in [4.69, 9.17) is 10.5 Å². The second-order valence-corrected chi connectivity index (χ2v) is 12.3. The highest BCUT2D eigenvalue weighted by atomic mass is 16.5. The Bertz CT molecular complexity index is 1620. The fourth-order valence-corrected chi connectivity index (χ4v) is 6.12. The number of nitrogens with one attached hydrogen (secondary N) is 2. The van der Waals surface area contributed by atoms with E-state index in [2.05, 4.69) is 10.6 Å². The summed E-state index contributed by atoms with van der Waals surface area (Å²) in [6.45, 7) is 2.55. The number of hydrogen-bond donors (Lipinski definition) is 3. The van der Waals surface area contributed by atoms with Crippen LogP contribution in [0.4, 0.5) is 11.4 Å². The minimum atomic E-state index is -0.234. The molecular formula is C36H41N5O5. The molecule has 10 heteroatoms. The Morgan fingerprint density at radius 1 is 0.957 bits per heavy atom. The fraction of sp³-hybridized carbons (Fsp3) is 0.389. The third kappa shape index (κ3) is 7.39. The molecule has 10 nitrogen and oxygen atoms in total. The number of unbranched alkanes of at least 4 members (excludes halogenated alkanes) is 3. The molecule has 1 aliphatic carbocycles. The Hall–Kier alpha value is -4.70. The van der Waals surface area contributed by atoms with Crippen LogP contribution in [0.2, 0.25) is 0 Å². The number of benzene rings is 3. The molecule has 3 aromatic rings. The fourth-order valence-electron chi connectivity index (χ4n) is 6.12. The standard InChI is InChI=1S/C36H41N5O5/c37-17-3-1-2-4-18-40-19-5-6-26-20-28(12-15-30(26)36(40)45)38-34(43)25-9-7-24(8-10-25)22-41(29-13-14-29)35(44)27-11-16-31-32(21-27)46-23-33(42)39-31/h7-12,15-16,20-21,29H,1-6,13-14,17-19,22-23,37H2,(H,38,43)(H,39,42). The largest absolute Gasteiger partial charge is 0.482 e. The normalized spacial score (nSPS) is 15.6. The van der Waals surface area contributed by atoms with Gasteiger partial charge in [0.2, 0.25) is 0 Å². The quantitative estimate of drug-likeness (QED) is 0.244. The Kier molecular flexibility index (Phi) is 9.63. The number of carbonyl (C=O) groups is 4. The predicted molar refractivity (Wildman–Crippen MR) is 176 cm³/mol. The van der Waals surface area contributed by atoms with Crippen molar-refractivity contribution >= 4 is 35.0 Å². The molecule has 0 saturated heterocycles. The zero-order valence-electron chi connectivity index (χ0n) is 26.1. The molecule has 4 amide bonds. The first-order chi connectivity index (χ1) is 22.4. The van der Waals surface area contributed by atoms with E-state index < -0.39 is 0 Å². The molecule has 1 saturated carbocycles. The van der Waals surface area contributed by atoms with Gasteiger partial charge in [0.1, 0.15) is 5.75 Å². The van der Waals surface area contributed by atoms with Crippen LogP contribution in [-0.4, -0.2) is 65.7 Å². The number of carbonyl (C=O) groups excluding carboxylic acids is 4. The summed E-state index contributed by atoms with van der Waals surface area (Å²) in [6, 6.07) is 18.1. The maximum absolute atomic E-state index is 13.5. The van der Waals surface area contributed by atoms with Gasteiger partial charge >= 0.3 is 0 Å². The number of amides is 4. The Balaban J connectivity index is 1.06. The van der Waals surface area contributed by atoms with Crippen molar-refractivity contribution < 1.29 is 23.9 Å². The molecule has 0 aromatic heterocycles. The van der Waals surface area contributed by atoms with Gasteiger partial charge in [-0.2, -0.15) is 0 Å². The molecule has 0 bridgehead atoms. The number of rotatable bonds is 12. The van der Waals surface area contributed by atoms with Crippen molar-refractivity contribution in [2.24, 2.45) is 5.73 Å². The summed E-state index contributed by atoms with van der Waals surface area (Å²) in [5, 5.41) is 5.74. The third-order valence-electron chi connectivity index (χ3n) is 8.82. The van der Waals surface area contributed by atoms with Crippen LogP contribution in [0.15, 0.2) is 60.7 Å². The van der Waals surface area contributed by atoms with Gasteiger partial charge in [0, 0.05) is 48.1 Å². The van der Waals surface area contributed by atoms with Crippen molar-refractivity contribution in [2.75, 3.05) is 36.9 Å². The molecule has 0 spiro atoms. The van der Waals surface area contributed by atoms with Crippen molar-refractivity contribution in [1.82, 2.24) is 9.80 Å². The van der Waals surface area contributed by atoms with Crippen LogP contribution in [-0.2, 0) is 17.8 Å². The summed E-state index contributed by atoms with van der Waals surface area (Å²) in [5.74, 6) is 0.00310. The van der Waals surface area contributed by atoms with Gasteiger partial charge in [-0.25, -0.2) is 0 Å². The van der Waals surface area contributed by atoms with Gasteiger partial charge in [-0.1, -0.05) is 25.0 Å². The third-order valence-corrected chi connectivity index (χ3v) is 8.82. The smallest absolute Gasteiger partial charge is 0.262 e. The SMILES string of the molecule is NCCCCCCN1CCCc2cc(NC(=O)c3ccc(CN(C(=O)c4ccc5c(c4)OCC(=O)N5)C4CC4)cc3)ccc2C1=O. The topological polar surface area (TPSA) is 134 Å². The average Bonchev–Trinajstić information content (AvgIpc) is 3.92. The summed E-state index contributed by atoms with van der Waals surface area (Å²) >= 11 is 0. The van der Waals surface area contributed by atoms with E-state index in [1.165, 1.54) is 0 Å². The second-order valence-electron chi connectivity index (χ2n) is 12.3. The highest BCUT2D eigenvalue weighted by molar-refractivity contribution is 6.05. The van der Waals surface area contributed by atoms with Crippen LogP contribution in [0.25, 0.3) is 0 Å². The Morgan fingerprint density at radius 2 is 1.74 bits per heavy atom. The predicted octanol–water partition coefficient (Wildman–Crippen LogP) is 4.98. The lowest BCUT2D eigenvalue weighted by atomic mass is 10.0. The van der Waals surface area contributed by atoms with Crippen LogP contribution < -0.4 is 21.1 Å². The van der Waals surface area contributed by atoms with E-state index >= 15 is 0 Å². The summed E-state index contributed by atoms with van der Waals surface area (Å²) in [5.41, 5.74) is 10.4. The van der Waals surface area contributed by atoms with Crippen molar-refractivity contribution in [3.63, 3.8) is 0 Å². The Labute approximate surface area is 269 Å². The first-order valence-electron chi connectivity index (χ1n) is 16.3. The lowest BCUT2D eigenvalue weighted by molar-refractivity contribution is -0.118. The number of ether oxygens (including phenoxy) is 1. The highest BCUT2D eigenvalue weighted by Crippen LogP contribution is 2.33. The van der Waals surface area contributed by atoms with Crippen molar-refractivity contribution in [1.29, 1.82) is 0 Å². The number of hydrogen-bond acceptors (Lipinski definition) is 6. The molecule has 4 N–H and O–H groups in total. The van der Waals surface area contributed by atoms with E-state index in [1.54, 1.807) is 36.4 Å². The molecule has 3 aliphatic rings. The molecule has 0 atom stereocenters. The molecule has 46 heavy (non-hydrogen) atoms. The van der Waals surface area contributed by atoms with E-state index in [0.29, 0.717) is 46.9 Å². The van der Waals surface area contributed by atoms with Gasteiger partial charge in [-0.05, 0) is 105 Å². The average molecular weight is 624 g/mol. The van der Waals surface area contributed by atoms with Gasteiger partial charge in [-0.3, -0.25) is 19.2 Å². The highest BCUT2D eigenvalue weighted by Gasteiger charge is 2.33. The van der Waals surface area contributed by atoms with Crippen LogP contribution in [0, 0.1) is 0 Å². The zero-order chi connectivity index (χ0) is 32.0. The summed E-state index contributed by atoms with van der Waals surface area (Å²) in [4.78, 5) is 55.3. The maximum atomic E-state index is 13.5. The van der Waals surface area contributed by atoms with E-state index in [9.17, 15) is 19.2 Å². The summed E-state index contributed by atoms with van der Waals surface area (Å²) in [7, 11) is 0. The molecule has 240 valence electrons. The van der Waals surface area contributed by atoms with Crippen LogP contribution >= 0.6 is 0 Å². The number of aryl methyl sites for hydroxylation is 1.